The number of rotatable bonds is 4. The van der Waals surface area contributed by atoms with Gasteiger partial charge in [-0.15, -0.1) is 0 Å². The van der Waals surface area contributed by atoms with Crippen molar-refractivity contribution in [2.45, 2.75) is 58.3 Å². The Hall–Kier alpha value is -2.77. The van der Waals surface area contributed by atoms with E-state index in [1.165, 1.54) is 6.07 Å². The Bertz CT molecular complexity index is 1150. The molecule has 218 valence electrons. The summed E-state index contributed by atoms with van der Waals surface area (Å²) in [6, 6.07) is 7.73. The molecule has 40 heavy (non-hydrogen) atoms. The lowest BCUT2D eigenvalue weighted by Crippen LogP contribution is -2.32. The number of hydrogen-bond donors (Lipinski definition) is 0. The number of ether oxygens (including phenoxy) is 2. The highest BCUT2D eigenvalue weighted by Gasteiger charge is 2.23. The molecular weight excluding hydrogens is 510 g/mol. The van der Waals surface area contributed by atoms with Gasteiger partial charge in [-0.3, -0.25) is 4.79 Å². The van der Waals surface area contributed by atoms with E-state index in [1.54, 1.807) is 7.11 Å². The topological polar surface area (TPSA) is 42.0 Å². The van der Waals surface area contributed by atoms with Crippen molar-refractivity contribution < 1.29 is 23.0 Å². The third-order valence-corrected chi connectivity index (χ3v) is 8.32. The molecule has 4 rings (SSSR count). The molecule has 0 aliphatic carbocycles. The maximum Gasteiger partial charge on any atom is 0.169 e. The van der Waals surface area contributed by atoms with Gasteiger partial charge in [0.25, 0.3) is 0 Å². The average Bonchev–Trinajstić information content (AvgIpc) is 3.16. The van der Waals surface area contributed by atoms with Crippen LogP contribution in [0.4, 0.5) is 8.78 Å². The highest BCUT2D eigenvalue weighted by atomic mass is 19.1. The second kappa shape index (κ2) is 14.7. The smallest absolute Gasteiger partial charge is 0.169 e. The second-order valence-corrected chi connectivity index (χ2v) is 11.3. The molecule has 2 aliphatic rings. The van der Waals surface area contributed by atoms with Crippen LogP contribution in [0.15, 0.2) is 36.9 Å². The summed E-state index contributed by atoms with van der Waals surface area (Å²) in [5.41, 5.74) is 2.77. The first-order valence-corrected chi connectivity index (χ1v) is 14.8. The van der Waals surface area contributed by atoms with Gasteiger partial charge in [0.2, 0.25) is 0 Å². The van der Waals surface area contributed by atoms with Crippen molar-refractivity contribution in [2.75, 3.05) is 53.0 Å². The highest BCUT2D eigenvalue weighted by Crippen LogP contribution is 2.35. The van der Waals surface area contributed by atoms with Crippen LogP contribution in [-0.2, 0) is 0 Å². The summed E-state index contributed by atoms with van der Waals surface area (Å²) in [5.74, 6) is -0.624. The maximum atomic E-state index is 14.4. The summed E-state index contributed by atoms with van der Waals surface area (Å²) >= 11 is 0. The summed E-state index contributed by atoms with van der Waals surface area (Å²) in [6.07, 6.45) is 6.68. The van der Waals surface area contributed by atoms with Crippen LogP contribution in [0, 0.1) is 24.5 Å². The molecule has 0 radical (unpaired) electrons. The van der Waals surface area contributed by atoms with E-state index in [1.807, 2.05) is 13.0 Å². The number of hydrogen-bond acceptors (Lipinski definition) is 5. The molecule has 2 aromatic rings. The molecule has 0 spiro atoms. The van der Waals surface area contributed by atoms with Crippen molar-refractivity contribution in [1.29, 1.82) is 0 Å². The van der Waals surface area contributed by atoms with Crippen LogP contribution in [0.3, 0.4) is 0 Å². The van der Waals surface area contributed by atoms with E-state index >= 15 is 0 Å². The number of carbonyl (C=O) groups is 1. The van der Waals surface area contributed by atoms with Crippen LogP contribution in [0.5, 0.6) is 11.5 Å². The molecule has 0 saturated carbocycles. The van der Waals surface area contributed by atoms with E-state index in [0.29, 0.717) is 12.4 Å². The third kappa shape index (κ3) is 8.14. The largest absolute Gasteiger partial charge is 0.493 e. The summed E-state index contributed by atoms with van der Waals surface area (Å²) in [5, 5.41) is 0. The van der Waals surface area contributed by atoms with Gasteiger partial charge in [0, 0.05) is 19.5 Å². The zero-order valence-corrected chi connectivity index (χ0v) is 24.2. The molecule has 2 aliphatic heterocycles. The first-order chi connectivity index (χ1) is 19.4. The predicted octanol–water partition coefficient (Wildman–Crippen LogP) is 6.92. The van der Waals surface area contributed by atoms with E-state index < -0.39 is 23.0 Å². The number of Topliss-reactive ketones (excluding diaryl/α,β-unsaturated/α-hetero) is 1. The van der Waals surface area contributed by atoms with Gasteiger partial charge in [0.05, 0.1) is 19.3 Å². The van der Waals surface area contributed by atoms with Gasteiger partial charge in [-0.05, 0) is 125 Å². The van der Waals surface area contributed by atoms with Crippen molar-refractivity contribution in [3.63, 3.8) is 0 Å². The lowest BCUT2D eigenvalue weighted by atomic mass is 9.91. The van der Waals surface area contributed by atoms with E-state index in [2.05, 4.69) is 22.4 Å². The van der Waals surface area contributed by atoms with Crippen LogP contribution < -0.4 is 9.47 Å². The average molecular weight is 555 g/mol. The molecule has 0 amide bonds. The number of methoxy groups -OCH3 is 1. The number of aryl methyl sites for hydroxylation is 1. The first-order valence-electron chi connectivity index (χ1n) is 14.8. The van der Waals surface area contributed by atoms with Gasteiger partial charge in [0.15, 0.2) is 17.3 Å². The minimum absolute atomic E-state index is 0.00582. The van der Waals surface area contributed by atoms with E-state index in [4.69, 9.17) is 9.47 Å². The van der Waals surface area contributed by atoms with Crippen molar-refractivity contribution in [3.05, 3.63) is 65.2 Å². The number of halogens is 2. The molecule has 4 bridgehead atoms. The van der Waals surface area contributed by atoms with Gasteiger partial charge in [0.1, 0.15) is 11.6 Å². The Kier molecular flexibility index (Phi) is 11.1. The van der Waals surface area contributed by atoms with Crippen molar-refractivity contribution in [3.8, 4) is 11.5 Å². The first kappa shape index (κ1) is 30.2. The summed E-state index contributed by atoms with van der Waals surface area (Å²) in [6.45, 7) is 13.0. The quantitative estimate of drug-likeness (QED) is 0.384. The summed E-state index contributed by atoms with van der Waals surface area (Å²) in [7, 11) is 1.65. The Morgan fingerprint density at radius 3 is 2.40 bits per heavy atom. The number of allylic oxidation sites excluding steroid dienone is 1. The normalized spacial score (nSPS) is 23.3. The molecule has 5 nitrogen and oxygen atoms in total. The molecule has 3 unspecified atom stereocenters. The standard InChI is InChI=1S/C33H44F2N2O3/c1-24-9-4-5-14-36-15-8-16-37(19-18-36)17-13-26(22-30(38)32-28(34)11-6-12-29(32)35)10-7-20-40-31-23-27(24)21-25(2)33(31)39-3/h6,11-12,21,23,26H,1,4-5,7-10,13-20,22H2,2-3H3. The van der Waals surface area contributed by atoms with E-state index in [0.717, 1.165) is 119 Å². The molecule has 2 heterocycles. The monoisotopic (exact) mass is 554 g/mol. The summed E-state index contributed by atoms with van der Waals surface area (Å²) in [4.78, 5) is 18.1. The summed E-state index contributed by atoms with van der Waals surface area (Å²) < 4.78 is 40.6. The van der Waals surface area contributed by atoms with Crippen LogP contribution in [-0.4, -0.2) is 68.6 Å². The van der Waals surface area contributed by atoms with Crippen LogP contribution in [0.1, 0.15) is 72.9 Å². The lowest BCUT2D eigenvalue weighted by molar-refractivity contribution is 0.0941. The minimum atomic E-state index is -0.791. The number of ketones is 1. The molecule has 0 N–H and O–H groups in total. The number of nitrogens with zero attached hydrogens (tertiary/aromatic N) is 2. The molecule has 7 heteroatoms. The van der Waals surface area contributed by atoms with Gasteiger partial charge < -0.3 is 19.3 Å². The van der Waals surface area contributed by atoms with Gasteiger partial charge in [-0.1, -0.05) is 12.6 Å². The van der Waals surface area contributed by atoms with Gasteiger partial charge in [-0.25, -0.2) is 8.78 Å². The lowest BCUT2D eigenvalue weighted by Gasteiger charge is -2.24. The van der Waals surface area contributed by atoms with E-state index in [9.17, 15) is 13.6 Å². The Balaban J connectivity index is 1.51. The minimum Gasteiger partial charge on any atom is -0.493 e. The highest BCUT2D eigenvalue weighted by molar-refractivity contribution is 5.96. The van der Waals surface area contributed by atoms with Crippen molar-refractivity contribution in [1.82, 2.24) is 9.80 Å². The van der Waals surface area contributed by atoms with Crippen LogP contribution in [0.25, 0.3) is 5.57 Å². The molecule has 0 aromatic heterocycles. The second-order valence-electron chi connectivity index (χ2n) is 11.3. The zero-order valence-electron chi connectivity index (χ0n) is 24.2. The van der Waals surface area contributed by atoms with Crippen molar-refractivity contribution >= 4 is 11.4 Å². The SMILES string of the molecule is C=C1CCCCN2CCCN(CCC(CC(=O)c3c(F)cccc3F)CCCOc3cc1cc(C)c3OC)CC2. The maximum absolute atomic E-state index is 14.4. The molecule has 2 aromatic carbocycles. The fourth-order valence-electron chi connectivity index (χ4n) is 6.00. The Labute approximate surface area is 238 Å². The van der Waals surface area contributed by atoms with Crippen LogP contribution >= 0.6 is 0 Å². The predicted molar refractivity (Wildman–Crippen MR) is 156 cm³/mol. The Morgan fingerprint density at radius 2 is 1.68 bits per heavy atom. The Morgan fingerprint density at radius 1 is 0.975 bits per heavy atom. The number of carbonyl (C=O) groups excluding carboxylic acids is 1. The molecule has 1 fully saturated rings. The van der Waals surface area contributed by atoms with Gasteiger partial charge >= 0.3 is 0 Å². The molecule has 3 atom stereocenters. The number of fused-ring (bicyclic) bond motifs is 5. The third-order valence-electron chi connectivity index (χ3n) is 8.32. The van der Waals surface area contributed by atoms with Crippen molar-refractivity contribution in [2.24, 2.45) is 5.92 Å². The molecule has 1 saturated heterocycles. The van der Waals surface area contributed by atoms with Gasteiger partial charge in [-0.2, -0.15) is 0 Å². The fraction of sp³-hybridized carbons (Fsp3) is 0.545. The van der Waals surface area contributed by atoms with Crippen LogP contribution in [0.2, 0.25) is 0 Å². The fourth-order valence-corrected chi connectivity index (χ4v) is 6.00. The molecular formula is C33H44F2N2O3. The zero-order chi connectivity index (χ0) is 28.5. The number of benzene rings is 2. The van der Waals surface area contributed by atoms with E-state index in [-0.39, 0.29) is 12.3 Å².